The molecule has 0 aromatic heterocycles. The van der Waals surface area contributed by atoms with Crippen LogP contribution >= 0.6 is 11.8 Å². The molecular formula is C12H17NOS. The number of benzene rings is 1. The summed E-state index contributed by atoms with van der Waals surface area (Å²) in [7, 11) is 1.72. The van der Waals surface area contributed by atoms with Crippen LogP contribution in [0, 0.1) is 6.92 Å². The SMILES string of the molecule is COc1ccc(C)cc1N[C@@H]1CCSC1. The molecule has 1 aliphatic heterocycles. The third-order valence-corrected chi connectivity index (χ3v) is 3.81. The molecule has 1 saturated heterocycles. The van der Waals surface area contributed by atoms with E-state index in [1.165, 1.54) is 23.5 Å². The molecule has 1 heterocycles. The van der Waals surface area contributed by atoms with E-state index in [2.05, 4.69) is 24.4 Å². The second kappa shape index (κ2) is 4.79. The van der Waals surface area contributed by atoms with Crippen molar-refractivity contribution in [3.05, 3.63) is 23.8 Å². The molecule has 2 rings (SSSR count). The average molecular weight is 223 g/mol. The molecule has 0 saturated carbocycles. The first-order valence-electron chi connectivity index (χ1n) is 5.28. The predicted molar refractivity (Wildman–Crippen MR) is 67.1 cm³/mol. The lowest BCUT2D eigenvalue weighted by atomic mass is 10.2. The summed E-state index contributed by atoms with van der Waals surface area (Å²) in [6, 6.07) is 6.86. The maximum absolute atomic E-state index is 5.34. The number of nitrogens with one attached hydrogen (secondary N) is 1. The number of hydrogen-bond acceptors (Lipinski definition) is 3. The van der Waals surface area contributed by atoms with Gasteiger partial charge < -0.3 is 10.1 Å². The van der Waals surface area contributed by atoms with Crippen molar-refractivity contribution in [2.45, 2.75) is 19.4 Å². The molecule has 1 aliphatic rings. The Kier molecular flexibility index (Phi) is 3.41. The molecule has 0 unspecified atom stereocenters. The van der Waals surface area contributed by atoms with Gasteiger partial charge in [0.2, 0.25) is 0 Å². The fourth-order valence-electron chi connectivity index (χ4n) is 1.80. The van der Waals surface area contributed by atoms with Gasteiger partial charge >= 0.3 is 0 Å². The van der Waals surface area contributed by atoms with E-state index >= 15 is 0 Å². The lowest BCUT2D eigenvalue weighted by molar-refractivity contribution is 0.416. The molecule has 1 fully saturated rings. The van der Waals surface area contributed by atoms with Gasteiger partial charge in [0.1, 0.15) is 5.75 Å². The third kappa shape index (κ3) is 2.59. The van der Waals surface area contributed by atoms with Gasteiger partial charge in [-0.05, 0) is 36.8 Å². The lowest BCUT2D eigenvalue weighted by Crippen LogP contribution is -2.18. The molecule has 15 heavy (non-hydrogen) atoms. The zero-order valence-electron chi connectivity index (χ0n) is 9.25. The highest BCUT2D eigenvalue weighted by molar-refractivity contribution is 7.99. The van der Waals surface area contributed by atoms with E-state index in [0.717, 1.165) is 11.4 Å². The Morgan fingerprint density at radius 3 is 3.00 bits per heavy atom. The van der Waals surface area contributed by atoms with Crippen LogP contribution in [-0.2, 0) is 0 Å². The fourth-order valence-corrected chi connectivity index (χ4v) is 2.96. The fraction of sp³-hybridized carbons (Fsp3) is 0.500. The summed E-state index contributed by atoms with van der Waals surface area (Å²) in [4.78, 5) is 0. The second-order valence-electron chi connectivity index (χ2n) is 3.91. The van der Waals surface area contributed by atoms with Gasteiger partial charge in [0.25, 0.3) is 0 Å². The molecule has 0 spiro atoms. The second-order valence-corrected chi connectivity index (χ2v) is 5.06. The molecule has 2 nitrogen and oxygen atoms in total. The first kappa shape index (κ1) is 10.7. The molecule has 1 atom stereocenters. The molecule has 82 valence electrons. The molecule has 1 N–H and O–H groups in total. The summed E-state index contributed by atoms with van der Waals surface area (Å²) >= 11 is 2.02. The average Bonchev–Trinajstić information content (AvgIpc) is 2.71. The van der Waals surface area contributed by atoms with Crippen LogP contribution in [0.4, 0.5) is 5.69 Å². The number of thioether (sulfide) groups is 1. The van der Waals surface area contributed by atoms with E-state index in [1.54, 1.807) is 7.11 Å². The van der Waals surface area contributed by atoms with Crippen molar-refractivity contribution >= 4 is 17.4 Å². The van der Waals surface area contributed by atoms with Crippen LogP contribution in [0.2, 0.25) is 0 Å². The van der Waals surface area contributed by atoms with Crippen molar-refractivity contribution in [3.63, 3.8) is 0 Å². The van der Waals surface area contributed by atoms with Crippen LogP contribution in [0.15, 0.2) is 18.2 Å². The van der Waals surface area contributed by atoms with Crippen molar-refractivity contribution in [1.82, 2.24) is 0 Å². The molecule has 1 aromatic rings. The Hall–Kier alpha value is -0.830. The summed E-state index contributed by atoms with van der Waals surface area (Å²) < 4.78 is 5.34. The van der Waals surface area contributed by atoms with Gasteiger partial charge in [-0.1, -0.05) is 6.07 Å². The number of aryl methyl sites for hydroxylation is 1. The summed E-state index contributed by atoms with van der Waals surface area (Å²) in [5, 5.41) is 3.56. The van der Waals surface area contributed by atoms with Crippen molar-refractivity contribution in [2.75, 3.05) is 23.9 Å². The Bertz CT molecular complexity index is 334. The Balaban J connectivity index is 2.14. The van der Waals surface area contributed by atoms with E-state index in [-0.39, 0.29) is 0 Å². The van der Waals surface area contributed by atoms with Gasteiger partial charge in [-0.25, -0.2) is 0 Å². The Morgan fingerprint density at radius 2 is 2.33 bits per heavy atom. The summed E-state index contributed by atoms with van der Waals surface area (Å²) in [6.45, 7) is 2.11. The van der Waals surface area contributed by atoms with Crippen molar-refractivity contribution < 1.29 is 4.74 Å². The first-order chi connectivity index (χ1) is 7.29. The number of rotatable bonds is 3. The predicted octanol–water partition coefficient (Wildman–Crippen LogP) is 2.92. The number of anilines is 1. The van der Waals surface area contributed by atoms with E-state index < -0.39 is 0 Å². The third-order valence-electron chi connectivity index (χ3n) is 2.64. The maximum atomic E-state index is 5.34. The maximum Gasteiger partial charge on any atom is 0.141 e. The summed E-state index contributed by atoms with van der Waals surface area (Å²) in [5.74, 6) is 3.42. The zero-order valence-corrected chi connectivity index (χ0v) is 10.1. The highest BCUT2D eigenvalue weighted by Crippen LogP contribution is 2.28. The van der Waals surface area contributed by atoms with Gasteiger partial charge in [0.15, 0.2) is 0 Å². The lowest BCUT2D eigenvalue weighted by Gasteiger charge is -2.16. The van der Waals surface area contributed by atoms with E-state index in [9.17, 15) is 0 Å². The Labute approximate surface area is 95.4 Å². The molecular weight excluding hydrogens is 206 g/mol. The van der Waals surface area contributed by atoms with Crippen molar-refractivity contribution in [2.24, 2.45) is 0 Å². The van der Waals surface area contributed by atoms with Crippen molar-refractivity contribution in [3.8, 4) is 5.75 Å². The molecule has 0 aliphatic carbocycles. The van der Waals surface area contributed by atoms with Crippen LogP contribution in [0.3, 0.4) is 0 Å². The summed E-state index contributed by atoms with van der Waals surface area (Å²) in [5.41, 5.74) is 2.40. The summed E-state index contributed by atoms with van der Waals surface area (Å²) in [6.07, 6.45) is 1.25. The van der Waals surface area contributed by atoms with Gasteiger partial charge in [-0.15, -0.1) is 0 Å². The standard InChI is InChI=1S/C12H17NOS/c1-9-3-4-12(14-2)11(7-9)13-10-5-6-15-8-10/h3-4,7,10,13H,5-6,8H2,1-2H3/t10-/m1/s1. The molecule has 0 amide bonds. The van der Waals surface area contributed by atoms with E-state index in [1.807, 2.05) is 17.8 Å². The van der Waals surface area contributed by atoms with Crippen molar-refractivity contribution in [1.29, 1.82) is 0 Å². The normalized spacial score (nSPS) is 20.3. The minimum Gasteiger partial charge on any atom is -0.495 e. The van der Waals surface area contributed by atoms with Crippen LogP contribution in [0.25, 0.3) is 0 Å². The van der Waals surface area contributed by atoms with Crippen LogP contribution in [0.5, 0.6) is 5.75 Å². The van der Waals surface area contributed by atoms with Crippen LogP contribution in [-0.4, -0.2) is 24.7 Å². The molecule has 0 bridgehead atoms. The topological polar surface area (TPSA) is 21.3 Å². The largest absolute Gasteiger partial charge is 0.495 e. The van der Waals surface area contributed by atoms with Gasteiger partial charge in [0, 0.05) is 11.8 Å². The zero-order chi connectivity index (χ0) is 10.7. The monoisotopic (exact) mass is 223 g/mol. The minimum absolute atomic E-state index is 0.602. The van der Waals surface area contributed by atoms with Crippen LogP contribution < -0.4 is 10.1 Å². The van der Waals surface area contributed by atoms with E-state index in [0.29, 0.717) is 6.04 Å². The highest BCUT2D eigenvalue weighted by atomic mass is 32.2. The number of methoxy groups -OCH3 is 1. The number of ether oxygens (including phenoxy) is 1. The Morgan fingerprint density at radius 1 is 1.47 bits per heavy atom. The van der Waals surface area contributed by atoms with Gasteiger partial charge in [-0.2, -0.15) is 11.8 Å². The number of hydrogen-bond donors (Lipinski definition) is 1. The molecule has 3 heteroatoms. The van der Waals surface area contributed by atoms with Gasteiger partial charge in [0.05, 0.1) is 12.8 Å². The van der Waals surface area contributed by atoms with Gasteiger partial charge in [-0.3, -0.25) is 0 Å². The molecule has 0 radical (unpaired) electrons. The minimum atomic E-state index is 0.602. The molecule has 1 aromatic carbocycles. The highest BCUT2D eigenvalue weighted by Gasteiger charge is 2.16. The van der Waals surface area contributed by atoms with Crippen LogP contribution in [0.1, 0.15) is 12.0 Å². The van der Waals surface area contributed by atoms with E-state index in [4.69, 9.17) is 4.74 Å². The smallest absolute Gasteiger partial charge is 0.141 e. The quantitative estimate of drug-likeness (QED) is 0.851. The first-order valence-corrected chi connectivity index (χ1v) is 6.44.